The number of aryl methyl sites for hydroxylation is 1. The molecule has 7 aromatic carbocycles. The molecule has 0 amide bonds. The first kappa shape index (κ1) is 33.8. The summed E-state index contributed by atoms with van der Waals surface area (Å²) in [4.78, 5) is 4.50. The SMILES string of the molecule is CCc1cccc(-c2cccc(-c3cccc(-c4cccc(-c5cccc(-c6ccc(-c7cc[c-]c(-c8ccccn8)c7)cc6)c5)c4)c3)c2)c1.[Ir]. The fourth-order valence-corrected chi connectivity index (χ4v) is 6.66. The molecule has 0 spiro atoms. The molecule has 0 atom stereocenters. The van der Waals surface area contributed by atoms with Gasteiger partial charge in [-0.05, 0) is 109 Å². The van der Waals surface area contributed by atoms with Crippen LogP contribution in [0.5, 0.6) is 0 Å². The molecule has 0 fully saturated rings. The molecule has 1 nitrogen and oxygen atoms in total. The third-order valence-corrected chi connectivity index (χ3v) is 9.41. The van der Waals surface area contributed by atoms with Gasteiger partial charge >= 0.3 is 0 Å². The van der Waals surface area contributed by atoms with Gasteiger partial charge in [0.15, 0.2) is 0 Å². The van der Waals surface area contributed by atoms with E-state index in [0.29, 0.717) is 0 Å². The summed E-state index contributed by atoms with van der Waals surface area (Å²) in [5.74, 6) is 0. The number of rotatable bonds is 8. The van der Waals surface area contributed by atoms with E-state index in [1.54, 1.807) is 0 Å². The molecule has 0 bridgehead atoms. The average Bonchev–Trinajstić information content (AvgIpc) is 3.21. The van der Waals surface area contributed by atoms with Crippen molar-refractivity contribution < 1.29 is 20.1 Å². The summed E-state index contributed by atoms with van der Waals surface area (Å²) in [6.45, 7) is 2.20. The molecule has 0 unspecified atom stereocenters. The normalized spacial score (nSPS) is 10.8. The smallest absolute Gasteiger partial charge is 0.0160 e. The number of nitrogens with zero attached hydrogens (tertiary/aromatic N) is 1. The molecule has 8 rings (SSSR count). The van der Waals surface area contributed by atoms with Crippen LogP contribution in [-0.4, -0.2) is 4.98 Å². The van der Waals surface area contributed by atoms with Gasteiger partial charge in [0.1, 0.15) is 0 Å². The molecule has 51 heavy (non-hydrogen) atoms. The zero-order valence-corrected chi connectivity index (χ0v) is 30.8. The van der Waals surface area contributed by atoms with Crippen molar-refractivity contribution in [1.82, 2.24) is 4.98 Å². The van der Waals surface area contributed by atoms with E-state index in [1.165, 1.54) is 66.8 Å². The van der Waals surface area contributed by atoms with Crippen LogP contribution in [0.15, 0.2) is 188 Å². The number of hydrogen-bond acceptors (Lipinski definition) is 1. The van der Waals surface area contributed by atoms with Crippen LogP contribution >= 0.6 is 0 Å². The molecule has 2 heteroatoms. The van der Waals surface area contributed by atoms with Gasteiger partial charge in [0.2, 0.25) is 0 Å². The Bertz CT molecular complexity index is 2410. The van der Waals surface area contributed by atoms with E-state index < -0.39 is 0 Å². The largest absolute Gasteiger partial charge is 0.305 e. The van der Waals surface area contributed by atoms with Gasteiger partial charge < -0.3 is 4.98 Å². The summed E-state index contributed by atoms with van der Waals surface area (Å²) in [5, 5.41) is 0. The maximum Gasteiger partial charge on any atom is 0.0160 e. The average molecular weight is 831 g/mol. The van der Waals surface area contributed by atoms with Crippen molar-refractivity contribution in [3.05, 3.63) is 200 Å². The summed E-state index contributed by atoms with van der Waals surface area (Å²) in [5.41, 5.74) is 17.7. The quantitative estimate of drug-likeness (QED) is 0.139. The Labute approximate surface area is 314 Å². The standard InChI is InChI=1S/C49H36N.Ir/c1-2-35-11-5-12-38(29-35)41-15-7-17-43(31-41)45-19-9-21-47(33-45)46-20-8-18-44(32-46)42-16-6-13-39(30-42)36-24-26-37(27-25-36)40-14-10-22-48(34-40)49-23-3-4-28-50-49;/h3-21,23-34H,2H2,1H3;/q-1;. The maximum atomic E-state index is 4.50. The third kappa shape index (κ3) is 7.59. The van der Waals surface area contributed by atoms with Crippen molar-refractivity contribution in [2.24, 2.45) is 0 Å². The minimum Gasteiger partial charge on any atom is -0.305 e. The van der Waals surface area contributed by atoms with E-state index in [4.69, 9.17) is 0 Å². The first-order chi connectivity index (χ1) is 24.7. The topological polar surface area (TPSA) is 12.9 Å². The number of hydrogen-bond donors (Lipinski definition) is 0. The maximum absolute atomic E-state index is 4.50. The van der Waals surface area contributed by atoms with Crippen molar-refractivity contribution in [2.45, 2.75) is 13.3 Å². The van der Waals surface area contributed by atoms with Crippen LogP contribution in [0.1, 0.15) is 12.5 Å². The van der Waals surface area contributed by atoms with Gasteiger partial charge in [-0.3, -0.25) is 0 Å². The van der Waals surface area contributed by atoms with Crippen LogP contribution in [0.3, 0.4) is 0 Å². The van der Waals surface area contributed by atoms with Gasteiger partial charge in [-0.25, -0.2) is 0 Å². The van der Waals surface area contributed by atoms with Gasteiger partial charge in [-0.2, -0.15) is 0 Å². The van der Waals surface area contributed by atoms with Crippen molar-refractivity contribution in [3.63, 3.8) is 0 Å². The number of benzene rings is 7. The molecule has 0 aliphatic heterocycles. The van der Waals surface area contributed by atoms with Gasteiger partial charge in [0, 0.05) is 26.3 Å². The Balaban J connectivity index is 0.00000406. The summed E-state index contributed by atoms with van der Waals surface area (Å²) in [6.07, 6.45) is 2.86. The van der Waals surface area contributed by atoms with Gasteiger partial charge in [-0.15, -0.1) is 35.4 Å². The van der Waals surface area contributed by atoms with Crippen molar-refractivity contribution >= 4 is 0 Å². The molecule has 0 saturated heterocycles. The van der Waals surface area contributed by atoms with Crippen LogP contribution < -0.4 is 0 Å². The molecule has 0 saturated carbocycles. The first-order valence-corrected chi connectivity index (χ1v) is 17.2. The summed E-state index contributed by atoms with van der Waals surface area (Å²) < 4.78 is 0. The molecular weight excluding hydrogens is 795 g/mol. The third-order valence-electron chi connectivity index (χ3n) is 9.41. The zero-order valence-electron chi connectivity index (χ0n) is 28.4. The summed E-state index contributed by atoms with van der Waals surface area (Å²) in [7, 11) is 0. The van der Waals surface area contributed by atoms with Crippen LogP contribution in [0.2, 0.25) is 0 Å². The van der Waals surface area contributed by atoms with E-state index in [9.17, 15) is 0 Å². The van der Waals surface area contributed by atoms with Crippen LogP contribution in [0, 0.1) is 6.07 Å². The van der Waals surface area contributed by atoms with Gasteiger partial charge in [-0.1, -0.05) is 140 Å². The van der Waals surface area contributed by atoms with Gasteiger partial charge in [0.25, 0.3) is 0 Å². The molecule has 247 valence electrons. The van der Waals surface area contributed by atoms with E-state index in [1.807, 2.05) is 30.5 Å². The van der Waals surface area contributed by atoms with E-state index in [-0.39, 0.29) is 20.1 Å². The second kappa shape index (κ2) is 15.5. The second-order valence-corrected chi connectivity index (χ2v) is 12.7. The van der Waals surface area contributed by atoms with Crippen LogP contribution in [-0.2, 0) is 26.5 Å². The van der Waals surface area contributed by atoms with Crippen LogP contribution in [0.4, 0.5) is 0 Å². The Morgan fingerprint density at radius 3 is 1.24 bits per heavy atom. The van der Waals surface area contributed by atoms with Crippen molar-refractivity contribution in [1.29, 1.82) is 0 Å². The van der Waals surface area contributed by atoms with Crippen molar-refractivity contribution in [3.8, 4) is 78.0 Å². The molecule has 1 heterocycles. The molecule has 0 N–H and O–H groups in total. The van der Waals surface area contributed by atoms with Crippen LogP contribution in [0.25, 0.3) is 78.0 Å². The molecule has 8 aromatic rings. The second-order valence-electron chi connectivity index (χ2n) is 12.7. The van der Waals surface area contributed by atoms with Gasteiger partial charge in [0.05, 0.1) is 0 Å². The molecular formula is C49H36IrN-. The first-order valence-electron chi connectivity index (χ1n) is 17.2. The molecule has 0 aliphatic rings. The van der Waals surface area contributed by atoms with E-state index in [0.717, 1.165) is 23.2 Å². The van der Waals surface area contributed by atoms with E-state index >= 15 is 0 Å². The van der Waals surface area contributed by atoms with Crippen molar-refractivity contribution in [2.75, 3.05) is 0 Å². The predicted octanol–water partition coefficient (Wildman–Crippen LogP) is 13.1. The monoisotopic (exact) mass is 831 g/mol. The minimum atomic E-state index is 0. The molecule has 1 aromatic heterocycles. The Kier molecular flexibility index (Phi) is 10.3. The predicted molar refractivity (Wildman–Crippen MR) is 211 cm³/mol. The number of pyridine rings is 1. The minimum absolute atomic E-state index is 0. The zero-order chi connectivity index (χ0) is 33.7. The fraction of sp³-hybridized carbons (Fsp3) is 0.0408. The Morgan fingerprint density at radius 2 is 0.804 bits per heavy atom. The molecule has 0 aliphatic carbocycles. The summed E-state index contributed by atoms with van der Waals surface area (Å²) >= 11 is 0. The fourth-order valence-electron chi connectivity index (χ4n) is 6.66. The Morgan fingerprint density at radius 1 is 0.392 bits per heavy atom. The van der Waals surface area contributed by atoms with E-state index in [2.05, 4.69) is 176 Å². The summed E-state index contributed by atoms with van der Waals surface area (Å²) in [6, 6.07) is 68.7. The molecule has 1 radical (unpaired) electrons. The number of aromatic nitrogens is 1. The Hall–Kier alpha value is -5.66.